The van der Waals surface area contributed by atoms with Crippen molar-refractivity contribution in [3.63, 3.8) is 0 Å². The number of nitriles is 1. The predicted molar refractivity (Wildman–Crippen MR) is 121 cm³/mol. The first-order valence-electron chi connectivity index (χ1n) is 10.7. The summed E-state index contributed by atoms with van der Waals surface area (Å²) in [5.41, 5.74) is -1.65. The van der Waals surface area contributed by atoms with Gasteiger partial charge in [-0.2, -0.15) is 14.0 Å². The molecule has 0 aliphatic carbocycles. The second-order valence-corrected chi connectivity index (χ2v) is 7.82. The van der Waals surface area contributed by atoms with E-state index >= 15 is 0 Å². The summed E-state index contributed by atoms with van der Waals surface area (Å²) in [6.07, 6.45) is 0.121. The maximum Gasteiger partial charge on any atom is 0.271 e. The normalized spacial score (nSPS) is 10.7. The van der Waals surface area contributed by atoms with Crippen LogP contribution in [0.1, 0.15) is 27.0 Å². The SMILES string of the molecule is COc1ccc(CCn2c(O)c(C(=O)COc3c(F)c(F)c(F)c(F)c3F)c(C)c(C#N)c2=O)cc1OC. The number of hydrogen-bond acceptors (Lipinski definition) is 7. The zero-order valence-corrected chi connectivity index (χ0v) is 20.1. The second kappa shape index (κ2) is 11.2. The molecule has 0 unspecified atom stereocenters. The van der Waals surface area contributed by atoms with Crippen LogP contribution in [-0.2, 0) is 13.0 Å². The van der Waals surface area contributed by atoms with Crippen molar-refractivity contribution in [1.29, 1.82) is 5.26 Å². The molecule has 1 N–H and O–H groups in total. The van der Waals surface area contributed by atoms with Gasteiger partial charge < -0.3 is 19.3 Å². The van der Waals surface area contributed by atoms with Crippen LogP contribution >= 0.6 is 0 Å². The molecule has 0 bridgehead atoms. The minimum atomic E-state index is -2.41. The Kier molecular flexibility index (Phi) is 8.25. The fraction of sp³-hybridized carbons (Fsp3) is 0.240. The number of pyridine rings is 1. The quantitative estimate of drug-likeness (QED) is 0.190. The van der Waals surface area contributed by atoms with Crippen LogP contribution in [-0.4, -0.2) is 36.3 Å². The molecule has 1 heterocycles. The van der Waals surface area contributed by atoms with E-state index in [1.165, 1.54) is 21.1 Å². The zero-order valence-electron chi connectivity index (χ0n) is 20.1. The van der Waals surface area contributed by atoms with Crippen molar-refractivity contribution in [3.8, 4) is 29.2 Å². The highest BCUT2D eigenvalue weighted by Crippen LogP contribution is 2.31. The standard InChI is InChI=1S/C25H19F5N2O6/c1-11-13(9-31)24(34)32(7-6-12-4-5-15(36-2)16(8-12)37-3)25(35)17(11)14(33)10-38-23-21(29)19(27)18(26)20(28)22(23)30/h4-5,8,35H,6-7,10H2,1-3H3. The molecule has 3 aromatic rings. The molecule has 38 heavy (non-hydrogen) atoms. The minimum absolute atomic E-state index is 0.121. The molecule has 3 rings (SSSR count). The first kappa shape index (κ1) is 28.0. The minimum Gasteiger partial charge on any atom is -0.494 e. The van der Waals surface area contributed by atoms with Crippen LogP contribution in [0.3, 0.4) is 0 Å². The number of benzene rings is 2. The molecule has 0 aliphatic heterocycles. The number of halogens is 5. The van der Waals surface area contributed by atoms with Gasteiger partial charge in [0, 0.05) is 6.54 Å². The third-order valence-corrected chi connectivity index (χ3v) is 5.67. The van der Waals surface area contributed by atoms with Crippen LogP contribution < -0.4 is 19.8 Å². The third-order valence-electron chi connectivity index (χ3n) is 5.67. The van der Waals surface area contributed by atoms with Crippen molar-refractivity contribution in [2.45, 2.75) is 19.9 Å². The molecule has 8 nitrogen and oxygen atoms in total. The van der Waals surface area contributed by atoms with Crippen LogP contribution in [0.5, 0.6) is 23.1 Å². The van der Waals surface area contributed by atoms with Crippen molar-refractivity contribution >= 4 is 5.78 Å². The molecule has 0 saturated heterocycles. The number of methoxy groups -OCH3 is 2. The lowest BCUT2D eigenvalue weighted by Gasteiger charge is -2.16. The maximum atomic E-state index is 13.9. The molecule has 0 radical (unpaired) electrons. The number of ether oxygens (including phenoxy) is 3. The van der Waals surface area contributed by atoms with E-state index in [0.717, 1.165) is 4.57 Å². The summed E-state index contributed by atoms with van der Waals surface area (Å²) in [6, 6.07) is 6.52. The summed E-state index contributed by atoms with van der Waals surface area (Å²) in [6.45, 7) is -0.330. The lowest BCUT2D eigenvalue weighted by atomic mass is 10.0. The Morgan fingerprint density at radius 1 is 1.00 bits per heavy atom. The summed E-state index contributed by atoms with van der Waals surface area (Å²) in [4.78, 5) is 25.6. The fourth-order valence-corrected chi connectivity index (χ4v) is 3.69. The molecule has 13 heteroatoms. The Morgan fingerprint density at radius 3 is 2.13 bits per heavy atom. The van der Waals surface area contributed by atoms with Crippen LogP contribution in [0.2, 0.25) is 0 Å². The van der Waals surface area contributed by atoms with Gasteiger partial charge in [-0.1, -0.05) is 6.07 Å². The van der Waals surface area contributed by atoms with E-state index in [1.54, 1.807) is 24.3 Å². The molecule has 0 atom stereocenters. The van der Waals surface area contributed by atoms with Crippen LogP contribution in [0.4, 0.5) is 22.0 Å². The number of carbonyl (C=O) groups is 1. The number of aromatic hydroxyl groups is 1. The number of aryl methyl sites for hydroxylation is 1. The van der Waals surface area contributed by atoms with Gasteiger partial charge in [-0.05, 0) is 36.6 Å². The van der Waals surface area contributed by atoms with Gasteiger partial charge in [0.05, 0.1) is 19.8 Å². The van der Waals surface area contributed by atoms with Gasteiger partial charge in [0.25, 0.3) is 5.56 Å². The summed E-state index contributed by atoms with van der Waals surface area (Å²) in [7, 11) is 2.86. The van der Waals surface area contributed by atoms with Gasteiger partial charge in [0.2, 0.25) is 40.7 Å². The van der Waals surface area contributed by atoms with E-state index in [9.17, 15) is 41.9 Å². The summed E-state index contributed by atoms with van der Waals surface area (Å²) >= 11 is 0. The lowest BCUT2D eigenvalue weighted by Crippen LogP contribution is -2.28. The monoisotopic (exact) mass is 538 g/mol. The van der Waals surface area contributed by atoms with E-state index < -0.39 is 69.8 Å². The Bertz CT molecular complexity index is 1500. The van der Waals surface area contributed by atoms with Gasteiger partial charge in [-0.25, -0.2) is 13.2 Å². The first-order valence-corrected chi connectivity index (χ1v) is 10.7. The largest absolute Gasteiger partial charge is 0.494 e. The average molecular weight is 538 g/mol. The van der Waals surface area contributed by atoms with E-state index in [-0.39, 0.29) is 18.5 Å². The predicted octanol–water partition coefficient (Wildman–Crippen LogP) is 3.95. The molecule has 0 saturated carbocycles. The number of aromatic nitrogens is 1. The smallest absolute Gasteiger partial charge is 0.271 e. The van der Waals surface area contributed by atoms with Crippen molar-refractivity contribution in [3.05, 3.63) is 79.9 Å². The number of Topliss-reactive ketones (excluding diaryl/α,β-unsaturated/α-hetero) is 1. The average Bonchev–Trinajstić information content (AvgIpc) is 2.90. The van der Waals surface area contributed by atoms with Crippen LogP contribution in [0, 0.1) is 47.3 Å². The number of nitrogens with zero attached hydrogens (tertiary/aromatic N) is 2. The highest BCUT2D eigenvalue weighted by molar-refractivity contribution is 6.01. The molecule has 200 valence electrons. The summed E-state index contributed by atoms with van der Waals surface area (Å²) in [5.74, 6) is -14.5. The Labute approximate surface area is 212 Å². The third kappa shape index (κ3) is 4.97. The molecule has 0 spiro atoms. The maximum absolute atomic E-state index is 13.9. The van der Waals surface area contributed by atoms with Crippen molar-refractivity contribution in [2.24, 2.45) is 0 Å². The van der Waals surface area contributed by atoms with E-state index in [0.29, 0.717) is 17.1 Å². The second-order valence-electron chi connectivity index (χ2n) is 7.82. The summed E-state index contributed by atoms with van der Waals surface area (Å²) < 4.78 is 83.6. The Morgan fingerprint density at radius 2 is 1.58 bits per heavy atom. The molecule has 1 aromatic heterocycles. The van der Waals surface area contributed by atoms with Gasteiger partial charge in [-0.3, -0.25) is 14.2 Å². The number of ketones is 1. The van der Waals surface area contributed by atoms with Gasteiger partial charge in [0.1, 0.15) is 11.6 Å². The van der Waals surface area contributed by atoms with Gasteiger partial charge >= 0.3 is 0 Å². The van der Waals surface area contributed by atoms with Gasteiger partial charge in [0.15, 0.2) is 23.9 Å². The zero-order chi connectivity index (χ0) is 28.3. The molecule has 2 aromatic carbocycles. The molecule has 0 aliphatic rings. The topological polar surface area (TPSA) is 111 Å². The van der Waals surface area contributed by atoms with Gasteiger partial charge in [-0.15, -0.1) is 0 Å². The van der Waals surface area contributed by atoms with Crippen LogP contribution in [0.25, 0.3) is 0 Å². The van der Waals surface area contributed by atoms with E-state index in [4.69, 9.17) is 9.47 Å². The van der Waals surface area contributed by atoms with Crippen molar-refractivity contribution in [1.82, 2.24) is 4.57 Å². The van der Waals surface area contributed by atoms with E-state index in [1.807, 2.05) is 0 Å². The van der Waals surface area contributed by atoms with Crippen molar-refractivity contribution in [2.75, 3.05) is 20.8 Å². The molecular formula is C25H19F5N2O6. The molecule has 0 amide bonds. The Hall–Kier alpha value is -4.60. The van der Waals surface area contributed by atoms with Crippen LogP contribution in [0.15, 0.2) is 23.0 Å². The number of rotatable bonds is 9. The van der Waals surface area contributed by atoms with Crippen molar-refractivity contribution < 1.29 is 46.1 Å². The number of hydrogen-bond donors (Lipinski definition) is 1. The highest BCUT2D eigenvalue weighted by atomic mass is 19.2. The fourth-order valence-electron chi connectivity index (χ4n) is 3.69. The molecule has 0 fully saturated rings. The summed E-state index contributed by atoms with van der Waals surface area (Å²) in [5, 5.41) is 20.2. The van der Waals surface area contributed by atoms with E-state index in [2.05, 4.69) is 4.74 Å². The Balaban J connectivity index is 1.96. The lowest BCUT2D eigenvalue weighted by molar-refractivity contribution is 0.0908. The highest BCUT2D eigenvalue weighted by Gasteiger charge is 2.29. The first-order chi connectivity index (χ1) is 18.0. The molecular weight excluding hydrogens is 519 g/mol. The number of carbonyl (C=O) groups excluding carboxylic acids is 1.